The molecule has 0 saturated heterocycles. The molecular weight excluding hydrogens is 478 g/mol. The first-order valence-electron chi connectivity index (χ1n) is 12.3. The molecule has 0 N–H and O–H groups in total. The number of carbonyl (C=O) groups excluding carboxylic acids is 3. The highest BCUT2D eigenvalue weighted by Gasteiger charge is 2.44. The van der Waals surface area contributed by atoms with Crippen LogP contribution in [-0.2, 0) is 21.0 Å². The number of carbonyl (C=O) groups is 3. The van der Waals surface area contributed by atoms with E-state index in [0.29, 0.717) is 84.0 Å². The van der Waals surface area contributed by atoms with Crippen molar-refractivity contribution in [2.75, 3.05) is 6.54 Å². The Morgan fingerprint density at radius 3 is 2.17 bits per heavy atom. The molecule has 36 heavy (non-hydrogen) atoms. The fourth-order valence-corrected chi connectivity index (χ4v) is 5.75. The number of allylic oxidation sites excluding steroid dienone is 4. The van der Waals surface area contributed by atoms with Crippen LogP contribution in [0.15, 0.2) is 65.0 Å². The molecule has 0 spiro atoms. The van der Waals surface area contributed by atoms with Crippen LogP contribution >= 0.6 is 11.6 Å². The van der Waals surface area contributed by atoms with E-state index in [9.17, 15) is 19.5 Å². The second-order valence-corrected chi connectivity index (χ2v) is 10.1. The topological polar surface area (TPSA) is 86.7 Å². The van der Waals surface area contributed by atoms with Gasteiger partial charge in [0.15, 0.2) is 11.6 Å². The van der Waals surface area contributed by atoms with E-state index in [1.165, 1.54) is 0 Å². The Hall–Kier alpha value is -3.38. The number of halogens is 1. The molecule has 0 aromatic heterocycles. The third-order valence-electron chi connectivity index (χ3n) is 7.17. The van der Waals surface area contributed by atoms with Crippen LogP contribution in [0.5, 0.6) is 5.75 Å². The lowest BCUT2D eigenvalue weighted by atomic mass is 9.70. The summed E-state index contributed by atoms with van der Waals surface area (Å²) < 4.78 is 6.25. The van der Waals surface area contributed by atoms with Crippen LogP contribution in [0.2, 0.25) is 5.02 Å². The number of ketones is 2. The number of hydrogen-bond acceptors (Lipinski definition) is 6. The van der Waals surface area contributed by atoms with E-state index >= 15 is 0 Å². The standard InChI is InChI=1S/C29H28ClNO5/c1-17-8-10-18(11-9-17)16-36-25-13-12-19(30)14-20(25)27-28-21(4-2-6-23(28)32)31(15-26(34)35)22-5-3-7-24(33)29(22)27/h8-14,27H,2-7,15-16H2,1H3,(H,34,35)/p-1. The molecule has 6 nitrogen and oxygen atoms in total. The monoisotopic (exact) mass is 504 g/mol. The van der Waals surface area contributed by atoms with Gasteiger partial charge in [-0.25, -0.2) is 0 Å². The SMILES string of the molecule is Cc1ccc(COc2ccc(Cl)cc2C2C3=C(CCCC3=O)N(CC(=O)[O-])C3=C2C(=O)CCC3)cc1. The summed E-state index contributed by atoms with van der Waals surface area (Å²) in [6.45, 7) is 1.96. The quantitative estimate of drug-likeness (QED) is 0.580. The maximum atomic E-state index is 13.4. The lowest BCUT2D eigenvalue weighted by Gasteiger charge is -2.44. The van der Waals surface area contributed by atoms with E-state index in [-0.39, 0.29) is 18.1 Å². The van der Waals surface area contributed by atoms with Gasteiger partial charge in [0, 0.05) is 51.9 Å². The third-order valence-corrected chi connectivity index (χ3v) is 7.41. The van der Waals surface area contributed by atoms with E-state index in [1.807, 2.05) is 31.2 Å². The van der Waals surface area contributed by atoms with Crippen LogP contribution in [-0.4, -0.2) is 29.0 Å². The first-order valence-corrected chi connectivity index (χ1v) is 12.7. The summed E-state index contributed by atoms with van der Waals surface area (Å²) in [6.07, 6.45) is 3.11. The zero-order valence-corrected chi connectivity index (χ0v) is 20.9. The minimum atomic E-state index is -1.24. The highest BCUT2D eigenvalue weighted by atomic mass is 35.5. The molecule has 1 heterocycles. The number of benzene rings is 2. The van der Waals surface area contributed by atoms with Gasteiger partial charge in [0.2, 0.25) is 0 Å². The maximum Gasteiger partial charge on any atom is 0.161 e. The molecule has 0 unspecified atom stereocenters. The number of ether oxygens (including phenoxy) is 1. The molecule has 0 bridgehead atoms. The van der Waals surface area contributed by atoms with E-state index in [4.69, 9.17) is 16.3 Å². The minimum Gasteiger partial charge on any atom is -0.548 e. The Bertz CT molecular complexity index is 1260. The second-order valence-electron chi connectivity index (χ2n) is 9.62. The van der Waals surface area contributed by atoms with Crippen LogP contribution in [0, 0.1) is 6.92 Å². The predicted octanol–water partition coefficient (Wildman–Crippen LogP) is 4.39. The fraction of sp³-hybridized carbons (Fsp3) is 0.345. The molecule has 2 aromatic rings. The summed E-state index contributed by atoms with van der Waals surface area (Å²) in [7, 11) is 0. The molecule has 3 aliphatic rings. The van der Waals surface area contributed by atoms with Crippen molar-refractivity contribution < 1.29 is 24.2 Å². The number of rotatable bonds is 6. The lowest BCUT2D eigenvalue weighted by molar-refractivity contribution is -0.305. The van der Waals surface area contributed by atoms with E-state index in [0.717, 1.165) is 11.1 Å². The van der Waals surface area contributed by atoms with Gasteiger partial charge in [-0.15, -0.1) is 0 Å². The molecule has 0 fully saturated rings. The van der Waals surface area contributed by atoms with Gasteiger partial charge in [-0.1, -0.05) is 41.4 Å². The zero-order chi connectivity index (χ0) is 25.4. The molecule has 7 heteroatoms. The number of aliphatic carboxylic acids is 1. The minimum absolute atomic E-state index is 0.0704. The summed E-state index contributed by atoms with van der Waals surface area (Å²) in [5, 5.41) is 12.1. The molecule has 1 aliphatic heterocycles. The Balaban J connectivity index is 1.65. The second kappa shape index (κ2) is 9.94. The largest absolute Gasteiger partial charge is 0.548 e. The lowest BCUT2D eigenvalue weighted by Crippen LogP contribution is -2.44. The molecule has 0 amide bonds. The Morgan fingerprint density at radius 1 is 0.972 bits per heavy atom. The zero-order valence-electron chi connectivity index (χ0n) is 20.1. The Kier molecular flexibility index (Phi) is 6.71. The van der Waals surface area contributed by atoms with Crippen LogP contribution in [0.3, 0.4) is 0 Å². The van der Waals surface area contributed by atoms with Crippen molar-refractivity contribution in [1.29, 1.82) is 0 Å². The molecule has 5 rings (SSSR count). The smallest absolute Gasteiger partial charge is 0.161 e. The van der Waals surface area contributed by atoms with Crippen molar-refractivity contribution in [3.63, 3.8) is 0 Å². The molecule has 186 valence electrons. The van der Waals surface area contributed by atoms with Gasteiger partial charge in [0.25, 0.3) is 0 Å². The fourth-order valence-electron chi connectivity index (χ4n) is 5.57. The van der Waals surface area contributed by atoms with Crippen LogP contribution in [0.1, 0.15) is 61.1 Å². The van der Waals surface area contributed by atoms with Gasteiger partial charge in [-0.2, -0.15) is 0 Å². The number of Topliss-reactive ketones (excluding diaryl/α,β-unsaturated/α-hetero) is 2. The van der Waals surface area contributed by atoms with Gasteiger partial charge in [0.1, 0.15) is 12.4 Å². The average molecular weight is 505 g/mol. The highest BCUT2D eigenvalue weighted by Crippen LogP contribution is 2.51. The maximum absolute atomic E-state index is 13.4. The highest BCUT2D eigenvalue weighted by molar-refractivity contribution is 6.30. The molecule has 0 radical (unpaired) electrons. The number of hydrogen-bond donors (Lipinski definition) is 0. The van der Waals surface area contributed by atoms with Crippen molar-refractivity contribution in [2.45, 2.75) is 58.0 Å². The molecule has 2 aliphatic carbocycles. The Labute approximate surface area is 215 Å². The van der Waals surface area contributed by atoms with Gasteiger partial charge in [0.05, 0.1) is 12.5 Å². The average Bonchev–Trinajstić information content (AvgIpc) is 2.85. The summed E-state index contributed by atoms with van der Waals surface area (Å²) in [5.74, 6) is -1.47. The first kappa shape index (κ1) is 24.3. The molecule has 0 atom stereocenters. The van der Waals surface area contributed by atoms with Crippen LogP contribution in [0.4, 0.5) is 0 Å². The summed E-state index contributed by atoms with van der Waals surface area (Å²) in [5.41, 5.74) is 5.13. The van der Waals surface area contributed by atoms with E-state index in [1.54, 1.807) is 23.1 Å². The predicted molar refractivity (Wildman–Crippen MR) is 133 cm³/mol. The number of aryl methyl sites for hydroxylation is 1. The molecular formula is C29H27ClNO5-. The summed E-state index contributed by atoms with van der Waals surface area (Å²) in [4.78, 5) is 40.1. The number of carboxylic acids is 1. The first-order chi connectivity index (χ1) is 17.3. The van der Waals surface area contributed by atoms with Crippen molar-refractivity contribution in [2.24, 2.45) is 0 Å². The van der Waals surface area contributed by atoms with Crippen LogP contribution in [0.25, 0.3) is 0 Å². The summed E-state index contributed by atoms with van der Waals surface area (Å²) in [6, 6.07) is 13.3. The van der Waals surface area contributed by atoms with E-state index in [2.05, 4.69) is 0 Å². The molecule has 0 saturated carbocycles. The van der Waals surface area contributed by atoms with Crippen molar-refractivity contribution >= 4 is 29.1 Å². The molecule has 2 aromatic carbocycles. The van der Waals surface area contributed by atoms with Crippen molar-refractivity contribution in [3.05, 3.63) is 86.7 Å². The number of nitrogens with zero attached hydrogens (tertiary/aromatic N) is 1. The van der Waals surface area contributed by atoms with Gasteiger partial charge in [-0.3, -0.25) is 9.59 Å². The van der Waals surface area contributed by atoms with Crippen molar-refractivity contribution in [3.8, 4) is 5.75 Å². The third kappa shape index (κ3) is 4.58. The normalized spacial score (nSPS) is 18.3. The number of carboxylic acid groups (broad SMARTS) is 1. The van der Waals surface area contributed by atoms with Gasteiger partial charge in [-0.05, 0) is 56.4 Å². The van der Waals surface area contributed by atoms with Gasteiger partial charge >= 0.3 is 0 Å². The Morgan fingerprint density at radius 2 is 1.58 bits per heavy atom. The van der Waals surface area contributed by atoms with E-state index < -0.39 is 11.9 Å². The van der Waals surface area contributed by atoms with Gasteiger partial charge < -0.3 is 19.5 Å². The summed E-state index contributed by atoms with van der Waals surface area (Å²) >= 11 is 6.44. The van der Waals surface area contributed by atoms with Crippen LogP contribution < -0.4 is 9.84 Å². The van der Waals surface area contributed by atoms with Crippen molar-refractivity contribution in [1.82, 2.24) is 4.90 Å².